The third kappa shape index (κ3) is 5.35. The minimum atomic E-state index is -1.44. The molecular weight excluding hydrogens is 152 g/mol. The first-order chi connectivity index (χ1) is 5.04. The minimum absolute atomic E-state index is 0.0123. The molecule has 11 heavy (non-hydrogen) atoms. The number of aliphatic carboxylic acids is 2. The van der Waals surface area contributed by atoms with Gasteiger partial charge in [-0.15, -0.1) is 0 Å². The lowest BCUT2D eigenvalue weighted by Crippen LogP contribution is -2.19. The second-order valence-electron chi connectivity index (χ2n) is 2.14. The summed E-state index contributed by atoms with van der Waals surface area (Å²) >= 11 is 0. The third-order valence-corrected chi connectivity index (χ3v) is 1.15. The van der Waals surface area contributed by atoms with Gasteiger partial charge in [0, 0.05) is 6.42 Å². The first-order valence-corrected chi connectivity index (χ1v) is 3.16. The van der Waals surface area contributed by atoms with Crippen LogP contribution in [0, 0.1) is 0 Å². The molecule has 0 saturated carbocycles. The molecule has 0 fully saturated rings. The van der Waals surface area contributed by atoms with Gasteiger partial charge in [-0.05, 0) is 12.8 Å². The van der Waals surface area contributed by atoms with Crippen LogP contribution < -0.4 is 0 Å². The molecule has 0 aromatic heterocycles. The van der Waals surface area contributed by atoms with Crippen molar-refractivity contribution in [3.05, 3.63) is 0 Å². The standard InChI is InChI=1S/C6H10O5/c7-4(6(10)11)2-1-3-5(8)9/h4,7H,1-3H2,(H,8,9)(H,10,11)/t4-/m1/s1. The summed E-state index contributed by atoms with van der Waals surface area (Å²) in [4.78, 5) is 19.9. The van der Waals surface area contributed by atoms with E-state index in [0.717, 1.165) is 0 Å². The van der Waals surface area contributed by atoms with Crippen molar-refractivity contribution in [1.29, 1.82) is 0 Å². The van der Waals surface area contributed by atoms with Crippen LogP contribution in [0.15, 0.2) is 0 Å². The zero-order valence-corrected chi connectivity index (χ0v) is 5.86. The Balaban J connectivity index is 3.39. The lowest BCUT2D eigenvalue weighted by molar-refractivity contribution is -0.147. The van der Waals surface area contributed by atoms with Gasteiger partial charge < -0.3 is 15.3 Å². The highest BCUT2D eigenvalue weighted by atomic mass is 16.4. The Hall–Kier alpha value is -1.10. The molecule has 0 radical (unpaired) electrons. The molecule has 0 heterocycles. The van der Waals surface area contributed by atoms with E-state index in [0.29, 0.717) is 0 Å². The maximum Gasteiger partial charge on any atom is 0.332 e. The molecule has 0 spiro atoms. The number of hydrogen-bond acceptors (Lipinski definition) is 3. The number of hydrogen-bond donors (Lipinski definition) is 3. The molecule has 5 nitrogen and oxygen atoms in total. The molecule has 3 N–H and O–H groups in total. The van der Waals surface area contributed by atoms with Gasteiger partial charge in [-0.25, -0.2) is 4.79 Å². The van der Waals surface area contributed by atoms with Crippen LogP contribution >= 0.6 is 0 Å². The second kappa shape index (κ2) is 4.68. The summed E-state index contributed by atoms with van der Waals surface area (Å²) in [5.74, 6) is -2.29. The van der Waals surface area contributed by atoms with Gasteiger partial charge in [-0.1, -0.05) is 0 Å². The number of carboxylic acids is 2. The van der Waals surface area contributed by atoms with Crippen molar-refractivity contribution >= 4 is 11.9 Å². The summed E-state index contributed by atoms with van der Waals surface area (Å²) in [5.41, 5.74) is 0. The predicted octanol–water partition coefficient (Wildman–Crippen LogP) is -0.313. The van der Waals surface area contributed by atoms with Gasteiger partial charge in [0.2, 0.25) is 0 Å². The first-order valence-electron chi connectivity index (χ1n) is 3.16. The maximum atomic E-state index is 9.98. The molecule has 64 valence electrons. The van der Waals surface area contributed by atoms with E-state index in [9.17, 15) is 9.59 Å². The van der Waals surface area contributed by atoms with Gasteiger partial charge >= 0.3 is 11.9 Å². The van der Waals surface area contributed by atoms with E-state index in [-0.39, 0.29) is 19.3 Å². The molecule has 5 heteroatoms. The molecule has 0 aliphatic rings. The number of rotatable bonds is 5. The third-order valence-electron chi connectivity index (χ3n) is 1.15. The summed E-state index contributed by atoms with van der Waals surface area (Å²) in [6, 6.07) is 0. The van der Waals surface area contributed by atoms with E-state index >= 15 is 0 Å². The lowest BCUT2D eigenvalue weighted by atomic mass is 10.1. The number of carboxylic acid groups (broad SMARTS) is 2. The van der Waals surface area contributed by atoms with Crippen molar-refractivity contribution in [2.24, 2.45) is 0 Å². The second-order valence-corrected chi connectivity index (χ2v) is 2.14. The van der Waals surface area contributed by atoms with Crippen molar-refractivity contribution in [2.45, 2.75) is 25.4 Å². The van der Waals surface area contributed by atoms with Crippen molar-refractivity contribution in [2.75, 3.05) is 0 Å². The molecule has 0 aliphatic heterocycles. The van der Waals surface area contributed by atoms with Crippen LogP contribution in [0.3, 0.4) is 0 Å². The fourth-order valence-corrected chi connectivity index (χ4v) is 0.570. The van der Waals surface area contributed by atoms with Crippen LogP contribution in [-0.2, 0) is 9.59 Å². The van der Waals surface area contributed by atoms with Crippen molar-refractivity contribution in [1.82, 2.24) is 0 Å². The number of aliphatic hydroxyl groups is 1. The zero-order chi connectivity index (χ0) is 8.85. The van der Waals surface area contributed by atoms with Crippen LogP contribution in [0.5, 0.6) is 0 Å². The highest BCUT2D eigenvalue weighted by molar-refractivity contribution is 5.72. The van der Waals surface area contributed by atoms with Crippen LogP contribution in [0.2, 0.25) is 0 Å². The molecular formula is C6H10O5. The summed E-state index contributed by atoms with van der Waals surface area (Å²) in [6.07, 6.45) is -1.37. The Morgan fingerprint density at radius 2 is 1.82 bits per heavy atom. The van der Waals surface area contributed by atoms with E-state index in [4.69, 9.17) is 15.3 Å². The summed E-state index contributed by atoms with van der Waals surface area (Å²) < 4.78 is 0. The predicted molar refractivity (Wildman–Crippen MR) is 35.1 cm³/mol. The van der Waals surface area contributed by atoms with Crippen molar-refractivity contribution in [3.63, 3.8) is 0 Å². The highest BCUT2D eigenvalue weighted by Crippen LogP contribution is 2.00. The van der Waals surface area contributed by atoms with Gasteiger partial charge in [-0.3, -0.25) is 4.79 Å². The Labute approximate surface area is 63.3 Å². The summed E-state index contributed by atoms with van der Waals surface area (Å²) in [5, 5.41) is 24.9. The topological polar surface area (TPSA) is 94.8 Å². The van der Waals surface area contributed by atoms with Gasteiger partial charge in [0.15, 0.2) is 6.10 Å². The molecule has 0 aliphatic carbocycles. The minimum Gasteiger partial charge on any atom is -0.481 e. The quantitative estimate of drug-likeness (QED) is 0.515. The van der Waals surface area contributed by atoms with Crippen molar-refractivity contribution < 1.29 is 24.9 Å². The molecule has 0 aromatic carbocycles. The zero-order valence-electron chi connectivity index (χ0n) is 5.86. The number of carbonyl (C=O) groups is 2. The monoisotopic (exact) mass is 162 g/mol. The van der Waals surface area contributed by atoms with Crippen LogP contribution in [0.4, 0.5) is 0 Å². The Morgan fingerprint density at radius 1 is 1.27 bits per heavy atom. The van der Waals surface area contributed by atoms with E-state index in [1.807, 2.05) is 0 Å². The van der Waals surface area contributed by atoms with Crippen LogP contribution in [0.1, 0.15) is 19.3 Å². The average molecular weight is 162 g/mol. The molecule has 1 atom stereocenters. The van der Waals surface area contributed by atoms with E-state index in [2.05, 4.69) is 0 Å². The molecule has 0 unspecified atom stereocenters. The average Bonchev–Trinajstić information content (AvgIpc) is 1.86. The first kappa shape index (κ1) is 9.90. The SMILES string of the molecule is O=C(O)CCC[C@@H](O)C(=O)O. The van der Waals surface area contributed by atoms with Gasteiger partial charge in [0.05, 0.1) is 0 Å². The van der Waals surface area contributed by atoms with Crippen LogP contribution in [0.25, 0.3) is 0 Å². The van der Waals surface area contributed by atoms with E-state index in [1.165, 1.54) is 0 Å². The summed E-state index contributed by atoms with van der Waals surface area (Å²) in [7, 11) is 0. The lowest BCUT2D eigenvalue weighted by Gasteiger charge is -2.01. The Bertz CT molecular complexity index is 153. The van der Waals surface area contributed by atoms with Gasteiger partial charge in [0.1, 0.15) is 0 Å². The highest BCUT2D eigenvalue weighted by Gasteiger charge is 2.12. The van der Waals surface area contributed by atoms with Gasteiger partial charge in [0.25, 0.3) is 0 Å². The van der Waals surface area contributed by atoms with Crippen LogP contribution in [-0.4, -0.2) is 33.4 Å². The van der Waals surface area contributed by atoms with E-state index < -0.39 is 18.0 Å². The Kier molecular flexibility index (Phi) is 4.21. The molecule has 0 amide bonds. The molecule has 0 bridgehead atoms. The normalized spacial score (nSPS) is 12.5. The van der Waals surface area contributed by atoms with Gasteiger partial charge in [-0.2, -0.15) is 0 Å². The molecule has 0 saturated heterocycles. The molecule has 0 aromatic rings. The van der Waals surface area contributed by atoms with Crippen molar-refractivity contribution in [3.8, 4) is 0 Å². The molecule has 0 rings (SSSR count). The fraction of sp³-hybridized carbons (Fsp3) is 0.667. The number of aliphatic hydroxyl groups excluding tert-OH is 1. The van der Waals surface area contributed by atoms with E-state index in [1.54, 1.807) is 0 Å². The fourth-order valence-electron chi connectivity index (χ4n) is 0.570. The summed E-state index contributed by atoms with van der Waals surface area (Å²) in [6.45, 7) is 0. The smallest absolute Gasteiger partial charge is 0.332 e. The Morgan fingerprint density at radius 3 is 2.18 bits per heavy atom. The largest absolute Gasteiger partial charge is 0.481 e. The maximum absolute atomic E-state index is 9.98.